The van der Waals surface area contributed by atoms with Gasteiger partial charge < -0.3 is 9.84 Å². The zero-order valence-corrected chi connectivity index (χ0v) is 11.7. The molecule has 0 spiro atoms. The van der Waals surface area contributed by atoms with Crippen LogP contribution in [0.4, 0.5) is 0 Å². The maximum absolute atomic E-state index is 9.20. The molecule has 0 aliphatic carbocycles. The van der Waals surface area contributed by atoms with Gasteiger partial charge in [0, 0.05) is 5.56 Å². The van der Waals surface area contributed by atoms with E-state index >= 15 is 0 Å². The van der Waals surface area contributed by atoms with Crippen molar-refractivity contribution >= 4 is 11.3 Å². The first kappa shape index (κ1) is 13.1. The van der Waals surface area contributed by atoms with Crippen LogP contribution in [0.1, 0.15) is 23.1 Å². The van der Waals surface area contributed by atoms with Crippen LogP contribution >= 0.6 is 11.3 Å². The van der Waals surface area contributed by atoms with E-state index in [1.807, 2.05) is 32.9 Å². The Labute approximate surface area is 111 Å². The van der Waals surface area contributed by atoms with Gasteiger partial charge in [-0.25, -0.2) is 4.98 Å². The molecule has 1 aromatic heterocycles. The molecule has 2 aromatic rings. The highest BCUT2D eigenvalue weighted by molar-refractivity contribution is 7.15. The summed E-state index contributed by atoms with van der Waals surface area (Å²) in [6.07, 6.45) is 0. The second-order valence-electron chi connectivity index (χ2n) is 4.10. The van der Waals surface area contributed by atoms with Crippen LogP contribution in [0.15, 0.2) is 18.2 Å². The van der Waals surface area contributed by atoms with Crippen molar-refractivity contribution in [1.29, 1.82) is 0 Å². The Balaban J connectivity index is 2.35. The number of aliphatic hydroxyl groups excluding tert-OH is 1. The lowest BCUT2D eigenvalue weighted by Crippen LogP contribution is -1.93. The van der Waals surface area contributed by atoms with Gasteiger partial charge in [0.15, 0.2) is 0 Å². The average Bonchev–Trinajstić information content (AvgIpc) is 2.73. The summed E-state index contributed by atoms with van der Waals surface area (Å²) < 4.78 is 5.52. The summed E-state index contributed by atoms with van der Waals surface area (Å²) in [7, 11) is 0. The first-order valence-corrected chi connectivity index (χ1v) is 6.78. The van der Waals surface area contributed by atoms with Crippen LogP contribution in [0, 0.1) is 13.8 Å². The Morgan fingerprint density at radius 1 is 1.33 bits per heavy atom. The molecule has 4 heteroatoms. The largest absolute Gasteiger partial charge is 0.494 e. The predicted molar refractivity (Wildman–Crippen MR) is 74.1 cm³/mol. The maximum atomic E-state index is 9.20. The summed E-state index contributed by atoms with van der Waals surface area (Å²) >= 11 is 1.54. The minimum absolute atomic E-state index is 0.0551. The number of thiazole rings is 1. The van der Waals surface area contributed by atoms with Crippen molar-refractivity contribution < 1.29 is 9.84 Å². The first-order valence-electron chi connectivity index (χ1n) is 5.96. The first-order chi connectivity index (χ1) is 8.65. The molecule has 0 saturated carbocycles. The van der Waals surface area contributed by atoms with Crippen LogP contribution in [-0.4, -0.2) is 16.7 Å². The van der Waals surface area contributed by atoms with Crippen molar-refractivity contribution in [3.63, 3.8) is 0 Å². The number of hydrogen-bond acceptors (Lipinski definition) is 4. The van der Waals surface area contributed by atoms with Crippen LogP contribution in [-0.2, 0) is 6.61 Å². The molecule has 0 aliphatic rings. The number of aromatic nitrogens is 1. The van der Waals surface area contributed by atoms with Crippen LogP contribution < -0.4 is 4.74 Å². The van der Waals surface area contributed by atoms with Crippen molar-refractivity contribution in [3.8, 4) is 16.3 Å². The number of nitrogens with zero attached hydrogens (tertiary/aromatic N) is 1. The number of hydrogen-bond donors (Lipinski definition) is 1. The lowest BCUT2D eigenvalue weighted by molar-refractivity contribution is 0.284. The Bertz CT molecular complexity index is 549. The second-order valence-corrected chi connectivity index (χ2v) is 5.18. The summed E-state index contributed by atoms with van der Waals surface area (Å²) in [5, 5.41) is 10.1. The normalized spacial score (nSPS) is 10.7. The Hall–Kier alpha value is -1.39. The van der Waals surface area contributed by atoms with E-state index in [1.165, 1.54) is 11.3 Å². The Kier molecular flexibility index (Phi) is 3.99. The molecule has 0 aliphatic heterocycles. The van der Waals surface area contributed by atoms with E-state index in [1.54, 1.807) is 0 Å². The second kappa shape index (κ2) is 5.50. The summed E-state index contributed by atoms with van der Waals surface area (Å²) in [4.78, 5) is 5.41. The third-order valence-corrected chi connectivity index (χ3v) is 3.95. The van der Waals surface area contributed by atoms with Gasteiger partial charge in [0.05, 0.1) is 23.8 Å². The van der Waals surface area contributed by atoms with Crippen molar-refractivity contribution in [2.24, 2.45) is 0 Å². The fraction of sp³-hybridized carbons (Fsp3) is 0.357. The third-order valence-electron chi connectivity index (χ3n) is 2.76. The number of rotatable bonds is 4. The van der Waals surface area contributed by atoms with Crippen molar-refractivity contribution in [3.05, 3.63) is 34.3 Å². The fourth-order valence-electron chi connectivity index (χ4n) is 1.80. The molecule has 0 radical (unpaired) electrons. The predicted octanol–water partition coefficient (Wildman–Crippen LogP) is 3.32. The van der Waals surface area contributed by atoms with Crippen molar-refractivity contribution in [1.82, 2.24) is 4.98 Å². The van der Waals surface area contributed by atoms with Gasteiger partial charge in [0.2, 0.25) is 0 Å². The number of aliphatic hydroxyl groups is 1. The summed E-state index contributed by atoms with van der Waals surface area (Å²) in [5.41, 5.74) is 3.08. The van der Waals surface area contributed by atoms with Gasteiger partial charge in [0.1, 0.15) is 10.8 Å². The molecule has 2 rings (SSSR count). The monoisotopic (exact) mass is 263 g/mol. The highest BCUT2D eigenvalue weighted by Crippen LogP contribution is 2.31. The Morgan fingerprint density at radius 2 is 2.11 bits per heavy atom. The number of benzene rings is 1. The molecule has 0 unspecified atom stereocenters. The van der Waals surface area contributed by atoms with Gasteiger partial charge in [-0.3, -0.25) is 0 Å². The van der Waals surface area contributed by atoms with Crippen LogP contribution in [0.2, 0.25) is 0 Å². The minimum atomic E-state index is 0.0551. The molecule has 0 bridgehead atoms. The summed E-state index contributed by atoms with van der Waals surface area (Å²) in [6.45, 7) is 6.66. The minimum Gasteiger partial charge on any atom is -0.494 e. The van der Waals surface area contributed by atoms with Gasteiger partial charge in [-0.05, 0) is 44.5 Å². The number of aryl methyl sites for hydroxylation is 2. The van der Waals surface area contributed by atoms with E-state index < -0.39 is 0 Å². The van der Waals surface area contributed by atoms with Gasteiger partial charge in [-0.1, -0.05) is 0 Å². The van der Waals surface area contributed by atoms with Crippen LogP contribution in [0.25, 0.3) is 10.6 Å². The van der Waals surface area contributed by atoms with Gasteiger partial charge in [-0.2, -0.15) is 0 Å². The highest BCUT2D eigenvalue weighted by Gasteiger charge is 2.10. The highest BCUT2D eigenvalue weighted by atomic mass is 32.1. The van der Waals surface area contributed by atoms with Gasteiger partial charge in [0.25, 0.3) is 0 Å². The van der Waals surface area contributed by atoms with E-state index in [0.717, 1.165) is 32.5 Å². The molecular formula is C14H17NO2S. The SMILES string of the molecule is CCOc1ccc(-c2nc(C)c(CO)s2)cc1C. The molecule has 3 nitrogen and oxygen atoms in total. The van der Waals surface area contributed by atoms with E-state index in [4.69, 9.17) is 4.74 Å². The van der Waals surface area contributed by atoms with E-state index in [-0.39, 0.29) is 6.61 Å². The molecule has 0 saturated heterocycles. The van der Waals surface area contributed by atoms with E-state index in [0.29, 0.717) is 6.61 Å². The smallest absolute Gasteiger partial charge is 0.123 e. The lowest BCUT2D eigenvalue weighted by Gasteiger charge is -2.07. The molecule has 1 aromatic carbocycles. The lowest BCUT2D eigenvalue weighted by atomic mass is 10.1. The molecule has 1 N–H and O–H groups in total. The zero-order chi connectivity index (χ0) is 13.1. The molecular weight excluding hydrogens is 246 g/mol. The molecule has 1 heterocycles. The average molecular weight is 263 g/mol. The summed E-state index contributed by atoms with van der Waals surface area (Å²) in [5.74, 6) is 0.914. The molecule has 0 atom stereocenters. The third kappa shape index (κ3) is 2.54. The van der Waals surface area contributed by atoms with Gasteiger partial charge in [-0.15, -0.1) is 11.3 Å². The topological polar surface area (TPSA) is 42.4 Å². The van der Waals surface area contributed by atoms with Crippen LogP contribution in [0.3, 0.4) is 0 Å². The van der Waals surface area contributed by atoms with E-state index in [2.05, 4.69) is 11.1 Å². The zero-order valence-electron chi connectivity index (χ0n) is 10.9. The molecule has 96 valence electrons. The summed E-state index contributed by atoms with van der Waals surface area (Å²) in [6, 6.07) is 6.06. The van der Waals surface area contributed by atoms with Crippen molar-refractivity contribution in [2.75, 3.05) is 6.61 Å². The fourth-order valence-corrected chi connectivity index (χ4v) is 2.72. The maximum Gasteiger partial charge on any atom is 0.123 e. The number of ether oxygens (including phenoxy) is 1. The van der Waals surface area contributed by atoms with E-state index in [9.17, 15) is 5.11 Å². The van der Waals surface area contributed by atoms with Gasteiger partial charge >= 0.3 is 0 Å². The molecule has 0 amide bonds. The van der Waals surface area contributed by atoms with Crippen molar-refractivity contribution in [2.45, 2.75) is 27.4 Å². The van der Waals surface area contributed by atoms with Crippen LogP contribution in [0.5, 0.6) is 5.75 Å². The molecule has 0 fully saturated rings. The molecule has 18 heavy (non-hydrogen) atoms. The standard InChI is InChI=1S/C14H17NO2S/c1-4-17-12-6-5-11(7-9(12)2)14-15-10(3)13(8-16)18-14/h5-7,16H,4,8H2,1-3H3. The Morgan fingerprint density at radius 3 is 2.67 bits per heavy atom. The quantitative estimate of drug-likeness (QED) is 0.920.